The van der Waals surface area contributed by atoms with Gasteiger partial charge in [0.2, 0.25) is 5.91 Å². The Morgan fingerprint density at radius 3 is 2.65 bits per heavy atom. The van der Waals surface area contributed by atoms with Crippen LogP contribution >= 0.6 is 0 Å². The predicted octanol–water partition coefficient (Wildman–Crippen LogP) is 2.11. The number of fused-ring (bicyclic) bond motifs is 2. The number of benzene rings is 2. The highest BCUT2D eigenvalue weighted by molar-refractivity contribution is 6.12. The van der Waals surface area contributed by atoms with Gasteiger partial charge in [0.1, 0.15) is 17.2 Å². The number of likely N-dealkylation sites (N-methyl/N-ethyl adjacent to an activating group) is 1. The molecule has 0 radical (unpaired) electrons. The average Bonchev–Trinajstić information content (AvgIpc) is 3.05. The Labute approximate surface area is 149 Å². The summed E-state index contributed by atoms with van der Waals surface area (Å²) in [7, 11) is 1.53. The maximum atomic E-state index is 13.2. The van der Waals surface area contributed by atoms with Gasteiger partial charge in [-0.2, -0.15) is 0 Å². The average molecular weight is 348 g/mol. The van der Waals surface area contributed by atoms with Gasteiger partial charge in [-0.05, 0) is 23.8 Å². The number of amides is 2. The molecule has 1 unspecified atom stereocenters. The molecule has 0 bridgehead atoms. The van der Waals surface area contributed by atoms with E-state index in [4.69, 9.17) is 4.42 Å². The van der Waals surface area contributed by atoms with E-state index in [2.05, 4.69) is 5.32 Å². The molecule has 130 valence electrons. The third-order valence-corrected chi connectivity index (χ3v) is 4.62. The Bertz CT molecular complexity index is 1090. The zero-order valence-electron chi connectivity index (χ0n) is 14.1. The number of rotatable bonds is 2. The Morgan fingerprint density at radius 2 is 1.85 bits per heavy atom. The highest BCUT2D eigenvalue weighted by Gasteiger charge is 2.39. The number of carbonyl (C=O) groups excluding carboxylic acids is 2. The maximum Gasteiger partial charge on any atom is 0.349 e. The summed E-state index contributed by atoms with van der Waals surface area (Å²) in [6.45, 7) is 0. The van der Waals surface area contributed by atoms with Crippen molar-refractivity contribution in [1.29, 1.82) is 0 Å². The van der Waals surface area contributed by atoms with Gasteiger partial charge in [0.05, 0.1) is 0 Å². The lowest BCUT2D eigenvalue weighted by Crippen LogP contribution is -2.48. The van der Waals surface area contributed by atoms with Gasteiger partial charge in [0.15, 0.2) is 0 Å². The Kier molecular flexibility index (Phi) is 3.80. The van der Waals surface area contributed by atoms with E-state index >= 15 is 0 Å². The van der Waals surface area contributed by atoms with Crippen LogP contribution in [0.1, 0.15) is 15.9 Å². The summed E-state index contributed by atoms with van der Waals surface area (Å²) in [4.78, 5) is 39.3. The summed E-state index contributed by atoms with van der Waals surface area (Å²) in [6.07, 6.45) is 0.403. The van der Waals surface area contributed by atoms with Crippen LogP contribution in [-0.4, -0.2) is 24.9 Å². The second kappa shape index (κ2) is 6.15. The van der Waals surface area contributed by atoms with E-state index in [-0.39, 0.29) is 11.5 Å². The Balaban J connectivity index is 1.84. The van der Waals surface area contributed by atoms with Crippen LogP contribution in [0.15, 0.2) is 63.8 Å². The van der Waals surface area contributed by atoms with Gasteiger partial charge < -0.3 is 9.73 Å². The number of nitrogens with one attached hydrogen (secondary N) is 1. The molecule has 0 spiro atoms. The van der Waals surface area contributed by atoms with Crippen LogP contribution in [0.3, 0.4) is 0 Å². The van der Waals surface area contributed by atoms with Crippen molar-refractivity contribution >= 4 is 28.5 Å². The first-order valence-corrected chi connectivity index (χ1v) is 8.26. The molecular weight excluding hydrogens is 332 g/mol. The first-order valence-electron chi connectivity index (χ1n) is 8.26. The standard InChI is InChI=1S/C20H16N2O4/c1-21-18(23)16-11-12-6-2-4-8-15(12)22(16)19(24)14-10-13-7-3-5-9-17(13)26-20(14)25/h2-10,16H,11H2,1H3,(H,21,23). The van der Waals surface area contributed by atoms with Crippen LogP contribution < -0.4 is 15.8 Å². The van der Waals surface area contributed by atoms with Gasteiger partial charge in [-0.15, -0.1) is 0 Å². The molecule has 2 heterocycles. The largest absolute Gasteiger partial charge is 0.422 e. The molecule has 1 N–H and O–H groups in total. The van der Waals surface area contributed by atoms with Crippen molar-refractivity contribution in [2.24, 2.45) is 0 Å². The van der Waals surface area contributed by atoms with E-state index in [1.54, 1.807) is 36.4 Å². The molecule has 0 fully saturated rings. The van der Waals surface area contributed by atoms with E-state index in [1.807, 2.05) is 12.1 Å². The van der Waals surface area contributed by atoms with Gasteiger partial charge in [-0.25, -0.2) is 4.79 Å². The van der Waals surface area contributed by atoms with E-state index in [0.717, 1.165) is 5.56 Å². The third kappa shape index (κ3) is 2.47. The summed E-state index contributed by atoms with van der Waals surface area (Å²) < 4.78 is 5.28. The fraction of sp³-hybridized carbons (Fsp3) is 0.150. The predicted molar refractivity (Wildman–Crippen MR) is 97.3 cm³/mol. The normalized spacial score (nSPS) is 15.7. The molecule has 0 aliphatic carbocycles. The molecular formula is C20H16N2O4. The monoisotopic (exact) mass is 348 g/mol. The van der Waals surface area contributed by atoms with E-state index < -0.39 is 17.6 Å². The van der Waals surface area contributed by atoms with E-state index in [9.17, 15) is 14.4 Å². The Hall–Kier alpha value is -3.41. The number of anilines is 1. The fourth-order valence-electron chi connectivity index (χ4n) is 3.35. The highest BCUT2D eigenvalue weighted by atomic mass is 16.4. The van der Waals surface area contributed by atoms with E-state index in [1.165, 1.54) is 18.0 Å². The first kappa shape index (κ1) is 16.1. The molecule has 3 aromatic rings. The topological polar surface area (TPSA) is 79.6 Å². The van der Waals surface area contributed by atoms with Crippen molar-refractivity contribution in [3.05, 3.63) is 76.1 Å². The third-order valence-electron chi connectivity index (χ3n) is 4.62. The van der Waals surface area contributed by atoms with Crippen molar-refractivity contribution in [3.63, 3.8) is 0 Å². The minimum Gasteiger partial charge on any atom is -0.422 e. The van der Waals surface area contributed by atoms with Crippen molar-refractivity contribution in [2.75, 3.05) is 11.9 Å². The summed E-state index contributed by atoms with van der Waals surface area (Å²) in [5.41, 5.74) is 1.14. The molecule has 1 aliphatic heterocycles. The number of hydrogen-bond acceptors (Lipinski definition) is 4. The zero-order chi connectivity index (χ0) is 18.3. The van der Waals surface area contributed by atoms with Gasteiger partial charge in [0, 0.05) is 24.5 Å². The molecule has 4 rings (SSSR count). The smallest absolute Gasteiger partial charge is 0.349 e. The van der Waals surface area contributed by atoms with Crippen LogP contribution in [0.5, 0.6) is 0 Å². The van der Waals surface area contributed by atoms with Crippen molar-refractivity contribution < 1.29 is 14.0 Å². The molecule has 1 aromatic heterocycles. The lowest BCUT2D eigenvalue weighted by molar-refractivity contribution is -0.121. The first-order chi connectivity index (χ1) is 12.6. The molecule has 2 aromatic carbocycles. The number of carbonyl (C=O) groups is 2. The number of nitrogens with zero attached hydrogens (tertiary/aromatic N) is 1. The summed E-state index contributed by atoms with van der Waals surface area (Å²) in [5, 5.41) is 3.24. The van der Waals surface area contributed by atoms with Gasteiger partial charge >= 0.3 is 5.63 Å². The van der Waals surface area contributed by atoms with Gasteiger partial charge in [-0.1, -0.05) is 36.4 Å². The van der Waals surface area contributed by atoms with Crippen LogP contribution in [0.2, 0.25) is 0 Å². The SMILES string of the molecule is CNC(=O)C1Cc2ccccc2N1C(=O)c1cc2ccccc2oc1=O. The number of hydrogen-bond donors (Lipinski definition) is 1. The van der Waals surface area contributed by atoms with Crippen LogP contribution in [0.4, 0.5) is 5.69 Å². The quantitative estimate of drug-likeness (QED) is 0.720. The zero-order valence-corrected chi connectivity index (χ0v) is 14.1. The summed E-state index contributed by atoms with van der Waals surface area (Å²) >= 11 is 0. The van der Waals surface area contributed by atoms with Crippen LogP contribution in [0.25, 0.3) is 11.0 Å². The minimum absolute atomic E-state index is 0.0886. The van der Waals surface area contributed by atoms with E-state index in [0.29, 0.717) is 23.1 Å². The molecule has 0 saturated heterocycles. The molecule has 6 heteroatoms. The highest BCUT2D eigenvalue weighted by Crippen LogP contribution is 2.33. The van der Waals surface area contributed by atoms with Gasteiger partial charge in [0.25, 0.3) is 5.91 Å². The molecule has 0 saturated carbocycles. The lowest BCUT2D eigenvalue weighted by atomic mass is 10.1. The fourth-order valence-corrected chi connectivity index (χ4v) is 3.35. The maximum absolute atomic E-state index is 13.2. The molecule has 1 atom stereocenters. The van der Waals surface area contributed by atoms with Crippen molar-refractivity contribution in [3.8, 4) is 0 Å². The van der Waals surface area contributed by atoms with Crippen molar-refractivity contribution in [1.82, 2.24) is 5.32 Å². The number of para-hydroxylation sites is 2. The molecule has 2 amide bonds. The Morgan fingerprint density at radius 1 is 1.12 bits per heavy atom. The van der Waals surface area contributed by atoms with Crippen LogP contribution in [0, 0.1) is 0 Å². The second-order valence-electron chi connectivity index (χ2n) is 6.12. The lowest BCUT2D eigenvalue weighted by Gasteiger charge is -2.24. The van der Waals surface area contributed by atoms with Crippen LogP contribution in [-0.2, 0) is 11.2 Å². The summed E-state index contributed by atoms with van der Waals surface area (Å²) in [5.74, 6) is -0.817. The minimum atomic E-state index is -0.714. The van der Waals surface area contributed by atoms with Crippen molar-refractivity contribution in [2.45, 2.75) is 12.5 Å². The molecule has 26 heavy (non-hydrogen) atoms. The summed E-state index contributed by atoms with van der Waals surface area (Å²) in [6, 6.07) is 15.1. The molecule has 6 nitrogen and oxygen atoms in total. The van der Waals surface area contributed by atoms with Gasteiger partial charge in [-0.3, -0.25) is 14.5 Å². The molecule has 1 aliphatic rings. The second-order valence-corrected chi connectivity index (χ2v) is 6.12.